The third-order valence-electron chi connectivity index (χ3n) is 2.92. The lowest BCUT2D eigenvalue weighted by Crippen LogP contribution is -2.24. The molecule has 0 atom stereocenters. The molecule has 0 saturated carbocycles. The van der Waals surface area contributed by atoms with Crippen molar-refractivity contribution in [2.45, 2.75) is 6.54 Å². The highest BCUT2D eigenvalue weighted by molar-refractivity contribution is 7.71. The van der Waals surface area contributed by atoms with Crippen LogP contribution in [0.1, 0.15) is 10.4 Å². The number of methoxy groups -OCH3 is 2. The number of nitrogens with one attached hydrogen (secondary N) is 1. The molecule has 0 amide bonds. The van der Waals surface area contributed by atoms with Gasteiger partial charge in [-0.25, -0.2) is 4.79 Å². The molecule has 0 radical (unpaired) electrons. The second-order valence-electron chi connectivity index (χ2n) is 4.13. The quantitative estimate of drug-likeness (QED) is 0.683. The van der Waals surface area contributed by atoms with Crippen LogP contribution in [0.25, 0.3) is 10.9 Å². The van der Waals surface area contributed by atoms with Gasteiger partial charge < -0.3 is 14.5 Å². The summed E-state index contributed by atoms with van der Waals surface area (Å²) in [4.78, 5) is 26.7. The normalized spacial score (nSPS) is 10.7. The molecule has 7 heteroatoms. The van der Waals surface area contributed by atoms with Gasteiger partial charge in [0.15, 0.2) is 4.77 Å². The van der Waals surface area contributed by atoms with E-state index >= 15 is 0 Å². The van der Waals surface area contributed by atoms with Crippen LogP contribution in [-0.4, -0.2) is 36.3 Å². The van der Waals surface area contributed by atoms with Crippen LogP contribution < -0.4 is 5.56 Å². The lowest BCUT2D eigenvalue weighted by atomic mass is 10.1. The fraction of sp³-hybridized carbons (Fsp3) is 0.308. The molecule has 106 valence electrons. The zero-order chi connectivity index (χ0) is 14.7. The second kappa shape index (κ2) is 5.98. The third-order valence-corrected chi connectivity index (χ3v) is 3.24. The van der Waals surface area contributed by atoms with E-state index in [2.05, 4.69) is 9.72 Å². The lowest BCUT2D eigenvalue weighted by molar-refractivity contribution is 0.0601. The average Bonchev–Trinajstić information content (AvgIpc) is 2.45. The summed E-state index contributed by atoms with van der Waals surface area (Å²) in [5, 5.41) is 0.461. The molecule has 0 bridgehead atoms. The maximum absolute atomic E-state index is 12.3. The van der Waals surface area contributed by atoms with Gasteiger partial charge in [-0.2, -0.15) is 0 Å². The highest BCUT2D eigenvalue weighted by Crippen LogP contribution is 2.11. The van der Waals surface area contributed by atoms with Crippen LogP contribution in [0.3, 0.4) is 0 Å². The molecule has 2 aromatic rings. The molecule has 1 N–H and O–H groups in total. The standard InChI is InChI=1S/C13H14N2O4S/c1-18-6-5-15-11(16)9-4-3-8(12(17)19-2)7-10(9)14-13(15)20/h3-4,7H,5-6H2,1-2H3,(H,14,20). The van der Waals surface area contributed by atoms with Crippen molar-refractivity contribution in [1.29, 1.82) is 0 Å². The van der Waals surface area contributed by atoms with Crippen molar-refractivity contribution >= 4 is 29.1 Å². The molecular formula is C13H14N2O4S. The van der Waals surface area contributed by atoms with E-state index in [0.29, 0.717) is 34.4 Å². The Morgan fingerprint density at radius 3 is 2.80 bits per heavy atom. The first-order valence-electron chi connectivity index (χ1n) is 5.92. The van der Waals surface area contributed by atoms with Crippen LogP contribution in [0, 0.1) is 4.77 Å². The molecule has 0 fully saturated rings. The van der Waals surface area contributed by atoms with Gasteiger partial charge in [-0.05, 0) is 30.4 Å². The molecular weight excluding hydrogens is 280 g/mol. The number of rotatable bonds is 4. The number of fused-ring (bicyclic) bond motifs is 1. The van der Waals surface area contributed by atoms with Crippen molar-refractivity contribution in [1.82, 2.24) is 9.55 Å². The van der Waals surface area contributed by atoms with Crippen molar-refractivity contribution in [3.05, 3.63) is 38.9 Å². The van der Waals surface area contributed by atoms with Gasteiger partial charge in [0.2, 0.25) is 0 Å². The molecule has 1 aromatic heterocycles. The highest BCUT2D eigenvalue weighted by Gasteiger charge is 2.10. The van der Waals surface area contributed by atoms with Gasteiger partial charge in [0.25, 0.3) is 5.56 Å². The van der Waals surface area contributed by atoms with Gasteiger partial charge in [0.1, 0.15) is 0 Å². The van der Waals surface area contributed by atoms with Crippen LogP contribution in [0.5, 0.6) is 0 Å². The van der Waals surface area contributed by atoms with Crippen LogP contribution in [0.2, 0.25) is 0 Å². The summed E-state index contributed by atoms with van der Waals surface area (Å²) in [6.07, 6.45) is 0. The number of benzene rings is 1. The molecule has 0 aliphatic carbocycles. The molecule has 2 rings (SSSR count). The van der Waals surface area contributed by atoms with E-state index in [9.17, 15) is 9.59 Å². The van der Waals surface area contributed by atoms with Gasteiger partial charge in [-0.1, -0.05) is 0 Å². The molecule has 1 heterocycles. The van der Waals surface area contributed by atoms with Gasteiger partial charge in [-0.3, -0.25) is 9.36 Å². The molecule has 6 nitrogen and oxygen atoms in total. The average molecular weight is 294 g/mol. The summed E-state index contributed by atoms with van der Waals surface area (Å²) in [5.41, 5.74) is 0.661. The summed E-state index contributed by atoms with van der Waals surface area (Å²) in [6.45, 7) is 0.766. The first kappa shape index (κ1) is 14.4. The summed E-state index contributed by atoms with van der Waals surface area (Å²) in [6, 6.07) is 4.69. The predicted octanol–water partition coefficient (Wildman–Crippen LogP) is 1.49. The molecule has 20 heavy (non-hydrogen) atoms. The van der Waals surface area contributed by atoms with Crippen molar-refractivity contribution in [3.63, 3.8) is 0 Å². The number of nitrogens with zero attached hydrogens (tertiary/aromatic N) is 1. The molecule has 0 aliphatic rings. The van der Waals surface area contributed by atoms with Crippen molar-refractivity contribution in [2.24, 2.45) is 0 Å². The van der Waals surface area contributed by atoms with E-state index in [1.54, 1.807) is 25.3 Å². The Morgan fingerprint density at radius 2 is 2.15 bits per heavy atom. The summed E-state index contributed by atoms with van der Waals surface area (Å²) in [7, 11) is 2.86. The number of aromatic nitrogens is 2. The van der Waals surface area contributed by atoms with Gasteiger partial charge in [0, 0.05) is 7.11 Å². The van der Waals surface area contributed by atoms with E-state index in [-0.39, 0.29) is 5.56 Å². The van der Waals surface area contributed by atoms with E-state index in [0.717, 1.165) is 0 Å². The fourth-order valence-electron chi connectivity index (χ4n) is 1.88. The van der Waals surface area contributed by atoms with Gasteiger partial charge in [0.05, 0.1) is 36.7 Å². The number of ether oxygens (including phenoxy) is 2. The SMILES string of the molecule is COCCn1c(=S)[nH]c2cc(C(=O)OC)ccc2c1=O. The number of esters is 1. The number of hydrogen-bond donors (Lipinski definition) is 1. The van der Waals surface area contributed by atoms with Crippen LogP contribution >= 0.6 is 12.2 Å². The minimum atomic E-state index is -0.463. The Hall–Kier alpha value is -1.99. The zero-order valence-corrected chi connectivity index (χ0v) is 12.0. The third kappa shape index (κ3) is 2.63. The maximum atomic E-state index is 12.3. The van der Waals surface area contributed by atoms with Crippen LogP contribution in [0.4, 0.5) is 0 Å². The summed E-state index contributed by atoms with van der Waals surface area (Å²) >= 11 is 5.15. The zero-order valence-electron chi connectivity index (χ0n) is 11.1. The molecule has 0 unspecified atom stereocenters. The van der Waals surface area contributed by atoms with Crippen LogP contribution in [0.15, 0.2) is 23.0 Å². The maximum Gasteiger partial charge on any atom is 0.337 e. The van der Waals surface area contributed by atoms with Crippen LogP contribution in [-0.2, 0) is 16.0 Å². The predicted molar refractivity (Wildman–Crippen MR) is 76.6 cm³/mol. The number of aromatic amines is 1. The van der Waals surface area contributed by atoms with Gasteiger partial charge in [-0.15, -0.1) is 0 Å². The molecule has 0 aliphatic heterocycles. The van der Waals surface area contributed by atoms with Crippen molar-refractivity contribution in [3.8, 4) is 0 Å². The lowest BCUT2D eigenvalue weighted by Gasteiger charge is -2.08. The summed E-state index contributed by atoms with van der Waals surface area (Å²) < 4.78 is 11.3. The smallest absolute Gasteiger partial charge is 0.337 e. The monoisotopic (exact) mass is 294 g/mol. The Morgan fingerprint density at radius 1 is 1.40 bits per heavy atom. The minimum absolute atomic E-state index is 0.211. The van der Waals surface area contributed by atoms with Crippen molar-refractivity contribution in [2.75, 3.05) is 20.8 Å². The van der Waals surface area contributed by atoms with Crippen molar-refractivity contribution < 1.29 is 14.3 Å². The first-order valence-corrected chi connectivity index (χ1v) is 6.33. The number of carbonyl (C=O) groups is 1. The van der Waals surface area contributed by atoms with Gasteiger partial charge >= 0.3 is 5.97 Å². The topological polar surface area (TPSA) is 73.3 Å². The first-order chi connectivity index (χ1) is 9.58. The second-order valence-corrected chi connectivity index (χ2v) is 4.52. The van der Waals surface area contributed by atoms with E-state index in [1.807, 2.05) is 0 Å². The molecule has 1 aromatic carbocycles. The summed E-state index contributed by atoms with van der Waals surface area (Å²) in [5.74, 6) is -0.463. The minimum Gasteiger partial charge on any atom is -0.465 e. The Bertz CT molecular complexity index is 763. The fourth-order valence-corrected chi connectivity index (χ4v) is 2.17. The van der Waals surface area contributed by atoms with E-state index in [4.69, 9.17) is 17.0 Å². The Kier molecular flexibility index (Phi) is 4.31. The Labute approximate surface area is 119 Å². The Balaban J connectivity index is 2.61. The number of carbonyl (C=O) groups excluding carboxylic acids is 1. The highest BCUT2D eigenvalue weighted by atomic mass is 32.1. The number of hydrogen-bond acceptors (Lipinski definition) is 5. The molecule has 0 saturated heterocycles. The van der Waals surface area contributed by atoms with E-state index in [1.165, 1.54) is 11.7 Å². The largest absolute Gasteiger partial charge is 0.465 e. The molecule has 0 spiro atoms. The number of H-pyrrole nitrogens is 1. The van der Waals surface area contributed by atoms with E-state index < -0.39 is 5.97 Å².